The standard InChI is InChI=1S/C12H21NO5/c1-12(2,3)18-11(15)13-9-5-6-17-7-8(9)10(14)16-4/h8-9H,5-7H2,1-4H3,(H,13,15)/t8-,9+/m1/s1. The molecule has 1 aliphatic heterocycles. The first-order valence-electron chi connectivity index (χ1n) is 5.98. The van der Waals surface area contributed by atoms with Crippen molar-refractivity contribution in [1.82, 2.24) is 5.32 Å². The van der Waals surface area contributed by atoms with Crippen molar-refractivity contribution in [2.24, 2.45) is 5.92 Å². The Kier molecular flexibility index (Phi) is 4.95. The van der Waals surface area contributed by atoms with Crippen LogP contribution in [0.1, 0.15) is 27.2 Å². The molecule has 0 aromatic carbocycles. The molecule has 1 amide bonds. The Balaban J connectivity index is 2.57. The fourth-order valence-electron chi connectivity index (χ4n) is 1.75. The summed E-state index contributed by atoms with van der Waals surface area (Å²) in [5.41, 5.74) is -0.560. The summed E-state index contributed by atoms with van der Waals surface area (Å²) < 4.78 is 15.1. The van der Waals surface area contributed by atoms with Gasteiger partial charge in [-0.1, -0.05) is 0 Å². The second kappa shape index (κ2) is 6.04. The van der Waals surface area contributed by atoms with Crippen molar-refractivity contribution >= 4 is 12.1 Å². The lowest BCUT2D eigenvalue weighted by atomic mass is 9.96. The van der Waals surface area contributed by atoms with Crippen LogP contribution in [0.4, 0.5) is 4.79 Å². The van der Waals surface area contributed by atoms with Crippen molar-refractivity contribution in [3.8, 4) is 0 Å². The molecule has 1 rings (SSSR count). The van der Waals surface area contributed by atoms with E-state index >= 15 is 0 Å². The van der Waals surface area contributed by atoms with Gasteiger partial charge in [0.25, 0.3) is 0 Å². The van der Waals surface area contributed by atoms with Crippen LogP contribution < -0.4 is 5.32 Å². The van der Waals surface area contributed by atoms with Crippen LogP contribution in [0.3, 0.4) is 0 Å². The van der Waals surface area contributed by atoms with Gasteiger partial charge in [-0.15, -0.1) is 0 Å². The number of hydrogen-bond acceptors (Lipinski definition) is 5. The molecule has 0 bridgehead atoms. The number of carbonyl (C=O) groups excluding carboxylic acids is 2. The third-order valence-electron chi connectivity index (χ3n) is 2.56. The molecule has 0 aliphatic carbocycles. The normalized spacial score (nSPS) is 24.2. The van der Waals surface area contributed by atoms with E-state index in [1.54, 1.807) is 20.8 Å². The number of amides is 1. The lowest BCUT2D eigenvalue weighted by Crippen LogP contribution is -2.50. The van der Waals surface area contributed by atoms with Crippen LogP contribution in [-0.4, -0.2) is 44.0 Å². The molecule has 6 nitrogen and oxygen atoms in total. The Hall–Kier alpha value is -1.30. The van der Waals surface area contributed by atoms with E-state index in [-0.39, 0.29) is 18.6 Å². The van der Waals surface area contributed by atoms with Gasteiger partial charge in [-0.05, 0) is 27.2 Å². The first kappa shape index (κ1) is 14.8. The molecule has 6 heteroatoms. The predicted molar refractivity (Wildman–Crippen MR) is 64.1 cm³/mol. The summed E-state index contributed by atoms with van der Waals surface area (Å²) in [4.78, 5) is 23.2. The molecule has 1 heterocycles. The van der Waals surface area contributed by atoms with Gasteiger partial charge in [-0.2, -0.15) is 0 Å². The predicted octanol–water partition coefficient (Wildman–Crippen LogP) is 1.09. The number of carbonyl (C=O) groups is 2. The fraction of sp³-hybridized carbons (Fsp3) is 0.833. The number of esters is 1. The van der Waals surface area contributed by atoms with Gasteiger partial charge in [-0.25, -0.2) is 4.79 Å². The van der Waals surface area contributed by atoms with Gasteiger partial charge in [-0.3, -0.25) is 4.79 Å². The van der Waals surface area contributed by atoms with E-state index in [2.05, 4.69) is 5.32 Å². The maximum absolute atomic E-state index is 11.7. The molecule has 1 N–H and O–H groups in total. The van der Waals surface area contributed by atoms with Crippen LogP contribution in [-0.2, 0) is 19.0 Å². The van der Waals surface area contributed by atoms with E-state index in [4.69, 9.17) is 14.2 Å². The summed E-state index contributed by atoms with van der Waals surface area (Å²) in [6.45, 7) is 6.12. The summed E-state index contributed by atoms with van der Waals surface area (Å²) >= 11 is 0. The minimum Gasteiger partial charge on any atom is -0.469 e. The molecule has 0 radical (unpaired) electrons. The zero-order valence-corrected chi connectivity index (χ0v) is 11.3. The van der Waals surface area contributed by atoms with E-state index in [1.807, 2.05) is 0 Å². The van der Waals surface area contributed by atoms with Crippen LogP contribution in [0, 0.1) is 5.92 Å². The highest BCUT2D eigenvalue weighted by Gasteiger charge is 2.34. The van der Waals surface area contributed by atoms with Crippen LogP contribution >= 0.6 is 0 Å². The number of alkyl carbamates (subject to hydrolysis) is 1. The summed E-state index contributed by atoms with van der Waals surface area (Å²) in [5, 5.41) is 2.70. The third kappa shape index (κ3) is 4.52. The molecule has 0 saturated carbocycles. The average Bonchev–Trinajstić information content (AvgIpc) is 2.26. The molecule has 1 fully saturated rings. The summed E-state index contributed by atoms with van der Waals surface area (Å²) in [6, 6.07) is -0.305. The van der Waals surface area contributed by atoms with Crippen molar-refractivity contribution in [2.75, 3.05) is 20.3 Å². The van der Waals surface area contributed by atoms with Crippen molar-refractivity contribution in [2.45, 2.75) is 38.8 Å². The molecular weight excluding hydrogens is 238 g/mol. The minimum absolute atomic E-state index is 0.257. The Bertz CT molecular complexity index is 310. The largest absolute Gasteiger partial charge is 0.469 e. The SMILES string of the molecule is COC(=O)[C@@H]1COCC[C@@H]1NC(=O)OC(C)(C)C. The molecule has 1 saturated heterocycles. The Morgan fingerprint density at radius 3 is 2.56 bits per heavy atom. The highest BCUT2D eigenvalue weighted by Crippen LogP contribution is 2.17. The highest BCUT2D eigenvalue weighted by molar-refractivity contribution is 5.75. The molecule has 2 atom stereocenters. The van der Waals surface area contributed by atoms with Crippen molar-refractivity contribution in [1.29, 1.82) is 0 Å². The topological polar surface area (TPSA) is 73.9 Å². The minimum atomic E-state index is -0.560. The Morgan fingerprint density at radius 1 is 1.33 bits per heavy atom. The lowest BCUT2D eigenvalue weighted by Gasteiger charge is -2.31. The van der Waals surface area contributed by atoms with Crippen molar-refractivity contribution in [3.05, 3.63) is 0 Å². The fourth-order valence-corrected chi connectivity index (χ4v) is 1.75. The number of nitrogens with one attached hydrogen (secondary N) is 1. The van der Waals surface area contributed by atoms with Gasteiger partial charge in [0.05, 0.1) is 13.7 Å². The monoisotopic (exact) mass is 259 g/mol. The Labute approximate surface area is 107 Å². The second-order valence-electron chi connectivity index (χ2n) is 5.25. The van der Waals surface area contributed by atoms with Crippen LogP contribution in [0.25, 0.3) is 0 Å². The molecule has 18 heavy (non-hydrogen) atoms. The maximum atomic E-state index is 11.7. The van der Waals surface area contributed by atoms with Crippen molar-refractivity contribution in [3.63, 3.8) is 0 Å². The third-order valence-corrected chi connectivity index (χ3v) is 2.56. The Morgan fingerprint density at radius 2 is 2.00 bits per heavy atom. The number of ether oxygens (including phenoxy) is 3. The van der Waals surface area contributed by atoms with Gasteiger partial charge in [0.2, 0.25) is 0 Å². The quantitative estimate of drug-likeness (QED) is 0.751. The van der Waals surface area contributed by atoms with Gasteiger partial charge in [0.15, 0.2) is 0 Å². The molecule has 1 aliphatic rings. The molecule has 104 valence electrons. The number of hydrogen-bond donors (Lipinski definition) is 1. The highest BCUT2D eigenvalue weighted by atomic mass is 16.6. The molecule has 0 unspecified atom stereocenters. The molecule has 0 spiro atoms. The number of methoxy groups -OCH3 is 1. The summed E-state index contributed by atoms with van der Waals surface area (Å²) in [5.74, 6) is -0.855. The van der Waals surface area contributed by atoms with Crippen LogP contribution in [0.15, 0.2) is 0 Å². The summed E-state index contributed by atoms with van der Waals surface area (Å²) in [7, 11) is 1.32. The van der Waals surface area contributed by atoms with E-state index in [1.165, 1.54) is 7.11 Å². The molecular formula is C12H21NO5. The zero-order chi connectivity index (χ0) is 13.8. The number of rotatable bonds is 2. The average molecular weight is 259 g/mol. The zero-order valence-electron chi connectivity index (χ0n) is 11.3. The van der Waals surface area contributed by atoms with Gasteiger partial charge in [0, 0.05) is 12.6 Å². The van der Waals surface area contributed by atoms with E-state index in [0.29, 0.717) is 13.0 Å². The summed E-state index contributed by atoms with van der Waals surface area (Å²) in [6.07, 6.45) is 0.0437. The molecule has 0 aromatic heterocycles. The van der Waals surface area contributed by atoms with Crippen LogP contribution in [0.5, 0.6) is 0 Å². The van der Waals surface area contributed by atoms with Gasteiger partial charge < -0.3 is 19.5 Å². The van der Waals surface area contributed by atoms with Gasteiger partial charge >= 0.3 is 12.1 Å². The van der Waals surface area contributed by atoms with E-state index in [9.17, 15) is 9.59 Å². The first-order valence-corrected chi connectivity index (χ1v) is 5.98. The van der Waals surface area contributed by atoms with Crippen LogP contribution in [0.2, 0.25) is 0 Å². The van der Waals surface area contributed by atoms with Gasteiger partial charge in [0.1, 0.15) is 11.5 Å². The van der Waals surface area contributed by atoms with Crippen molar-refractivity contribution < 1.29 is 23.8 Å². The maximum Gasteiger partial charge on any atom is 0.407 e. The lowest BCUT2D eigenvalue weighted by molar-refractivity contribution is -0.151. The first-order chi connectivity index (χ1) is 8.33. The smallest absolute Gasteiger partial charge is 0.407 e. The molecule has 0 aromatic rings. The second-order valence-corrected chi connectivity index (χ2v) is 5.25. The van der Waals surface area contributed by atoms with E-state index < -0.39 is 17.6 Å². The van der Waals surface area contributed by atoms with E-state index in [0.717, 1.165) is 0 Å².